The molecule has 0 atom stereocenters. The molecule has 0 spiro atoms. The van der Waals surface area contributed by atoms with Crippen LogP contribution in [0.25, 0.3) is 11.3 Å². The van der Waals surface area contributed by atoms with Gasteiger partial charge < -0.3 is 4.52 Å². The number of carbonyl (C=O) groups excluding carboxylic acids is 1. The number of aromatic nitrogens is 2. The minimum absolute atomic E-state index is 0.0705. The number of carbonyl (C=O) groups is 1. The zero-order valence-electron chi connectivity index (χ0n) is 11.0. The fraction of sp³-hybridized carbons (Fsp3) is 0.0714. The molecule has 0 aliphatic rings. The summed E-state index contributed by atoms with van der Waals surface area (Å²) in [5, 5.41) is 8.57. The smallest absolute Gasteiger partial charge is 0.279 e. The molecule has 0 fully saturated rings. The second-order valence-corrected chi connectivity index (χ2v) is 5.16. The fourth-order valence-electron chi connectivity index (χ4n) is 1.74. The van der Waals surface area contributed by atoms with Gasteiger partial charge in [0.2, 0.25) is 0 Å². The number of aryl methyl sites for hydroxylation is 1. The van der Waals surface area contributed by atoms with Gasteiger partial charge in [-0.25, -0.2) is 9.37 Å². The number of hydrogen-bond acceptors (Lipinski definition) is 5. The standard InChI is InChI=1S/C14H10FN3O2S/c1-8-7-21-14(16-8)17-13(19)11-6-12(20-18-11)9-4-2-3-5-10(9)15/h2-7H,1H3,(H,16,17,19). The van der Waals surface area contributed by atoms with Gasteiger partial charge in [-0.15, -0.1) is 11.3 Å². The van der Waals surface area contributed by atoms with Crippen LogP contribution in [0.1, 0.15) is 16.2 Å². The molecular formula is C14H10FN3O2S. The predicted molar refractivity (Wildman–Crippen MR) is 76.7 cm³/mol. The largest absolute Gasteiger partial charge is 0.355 e. The van der Waals surface area contributed by atoms with Crippen LogP contribution in [0.15, 0.2) is 40.2 Å². The molecule has 0 aliphatic carbocycles. The first kappa shape index (κ1) is 13.4. The molecule has 1 aromatic carbocycles. The normalized spacial score (nSPS) is 10.6. The Morgan fingerprint density at radius 3 is 2.90 bits per heavy atom. The lowest BCUT2D eigenvalue weighted by Crippen LogP contribution is -2.11. The fourth-order valence-corrected chi connectivity index (χ4v) is 2.43. The lowest BCUT2D eigenvalue weighted by Gasteiger charge is -1.96. The van der Waals surface area contributed by atoms with E-state index in [0.717, 1.165) is 5.69 Å². The summed E-state index contributed by atoms with van der Waals surface area (Å²) in [7, 11) is 0. The maximum atomic E-state index is 13.6. The van der Waals surface area contributed by atoms with Crippen LogP contribution >= 0.6 is 11.3 Å². The van der Waals surface area contributed by atoms with Gasteiger partial charge in [-0.1, -0.05) is 17.3 Å². The number of benzene rings is 1. The Balaban J connectivity index is 1.82. The average molecular weight is 303 g/mol. The molecule has 5 nitrogen and oxygen atoms in total. The van der Waals surface area contributed by atoms with E-state index in [2.05, 4.69) is 15.5 Å². The van der Waals surface area contributed by atoms with E-state index in [-0.39, 0.29) is 17.0 Å². The summed E-state index contributed by atoms with van der Waals surface area (Å²) < 4.78 is 18.7. The number of nitrogens with zero attached hydrogens (tertiary/aromatic N) is 2. The van der Waals surface area contributed by atoms with Gasteiger partial charge in [0.15, 0.2) is 16.6 Å². The number of amides is 1. The quantitative estimate of drug-likeness (QED) is 0.804. The molecule has 0 aliphatic heterocycles. The topological polar surface area (TPSA) is 68.0 Å². The van der Waals surface area contributed by atoms with Gasteiger partial charge in [0.25, 0.3) is 5.91 Å². The average Bonchev–Trinajstić information content (AvgIpc) is 3.09. The number of halogens is 1. The molecule has 2 aromatic heterocycles. The Morgan fingerprint density at radius 2 is 2.19 bits per heavy atom. The molecule has 1 amide bonds. The molecule has 3 aromatic rings. The van der Waals surface area contributed by atoms with E-state index in [1.54, 1.807) is 18.2 Å². The van der Waals surface area contributed by atoms with E-state index in [1.165, 1.54) is 23.5 Å². The summed E-state index contributed by atoms with van der Waals surface area (Å²) in [4.78, 5) is 16.1. The minimum atomic E-state index is -0.448. The van der Waals surface area contributed by atoms with Crippen molar-refractivity contribution in [3.05, 3.63) is 52.9 Å². The van der Waals surface area contributed by atoms with Crippen LogP contribution in [0.4, 0.5) is 9.52 Å². The van der Waals surface area contributed by atoms with Gasteiger partial charge in [0, 0.05) is 11.4 Å². The van der Waals surface area contributed by atoms with Crippen molar-refractivity contribution in [2.75, 3.05) is 5.32 Å². The highest BCUT2D eigenvalue weighted by molar-refractivity contribution is 7.13. The first-order valence-corrected chi connectivity index (χ1v) is 6.96. The molecule has 0 radical (unpaired) electrons. The second-order valence-electron chi connectivity index (χ2n) is 4.30. The number of anilines is 1. The lowest BCUT2D eigenvalue weighted by atomic mass is 10.1. The molecule has 106 valence electrons. The van der Waals surface area contributed by atoms with Crippen molar-refractivity contribution >= 4 is 22.4 Å². The lowest BCUT2D eigenvalue weighted by molar-refractivity contribution is 0.101. The predicted octanol–water partition coefficient (Wildman–Crippen LogP) is 3.50. The Kier molecular flexibility index (Phi) is 3.49. The van der Waals surface area contributed by atoms with Crippen LogP contribution in [0, 0.1) is 12.7 Å². The summed E-state index contributed by atoms with van der Waals surface area (Å²) in [6.07, 6.45) is 0. The van der Waals surface area contributed by atoms with Crippen molar-refractivity contribution < 1.29 is 13.7 Å². The van der Waals surface area contributed by atoms with Crippen LogP contribution in [0.2, 0.25) is 0 Å². The van der Waals surface area contributed by atoms with Gasteiger partial charge in [-0.2, -0.15) is 0 Å². The van der Waals surface area contributed by atoms with Crippen LogP contribution in [-0.2, 0) is 0 Å². The van der Waals surface area contributed by atoms with Crippen molar-refractivity contribution in [1.82, 2.24) is 10.1 Å². The monoisotopic (exact) mass is 303 g/mol. The summed E-state index contributed by atoms with van der Waals surface area (Å²) in [5.74, 6) is -0.680. The van der Waals surface area contributed by atoms with Crippen LogP contribution in [0.5, 0.6) is 0 Å². The first-order chi connectivity index (χ1) is 10.1. The number of nitrogens with one attached hydrogen (secondary N) is 1. The highest BCUT2D eigenvalue weighted by Crippen LogP contribution is 2.23. The Hall–Kier alpha value is -2.54. The zero-order chi connectivity index (χ0) is 14.8. The third-order valence-electron chi connectivity index (χ3n) is 2.72. The summed E-state index contributed by atoms with van der Waals surface area (Å²) in [5.41, 5.74) is 1.15. The minimum Gasteiger partial charge on any atom is -0.355 e. The molecular weight excluding hydrogens is 293 g/mol. The Morgan fingerprint density at radius 1 is 1.38 bits per heavy atom. The van der Waals surface area contributed by atoms with Gasteiger partial charge in [-0.05, 0) is 19.1 Å². The molecule has 3 rings (SSSR count). The highest BCUT2D eigenvalue weighted by Gasteiger charge is 2.16. The molecule has 21 heavy (non-hydrogen) atoms. The molecule has 7 heteroatoms. The van der Waals surface area contributed by atoms with Crippen molar-refractivity contribution in [1.29, 1.82) is 0 Å². The number of hydrogen-bond donors (Lipinski definition) is 1. The Bertz CT molecular complexity index is 797. The third kappa shape index (κ3) is 2.82. The molecule has 1 N–H and O–H groups in total. The number of thiazole rings is 1. The first-order valence-electron chi connectivity index (χ1n) is 6.08. The molecule has 0 unspecified atom stereocenters. The van der Waals surface area contributed by atoms with E-state index in [1.807, 2.05) is 12.3 Å². The molecule has 0 saturated heterocycles. The summed E-state index contributed by atoms with van der Waals surface area (Å²) in [6, 6.07) is 7.53. The van der Waals surface area contributed by atoms with Crippen LogP contribution in [-0.4, -0.2) is 16.0 Å². The van der Waals surface area contributed by atoms with Crippen molar-refractivity contribution in [2.45, 2.75) is 6.92 Å². The van der Waals surface area contributed by atoms with Crippen LogP contribution < -0.4 is 5.32 Å². The second kappa shape index (κ2) is 5.45. The molecule has 2 heterocycles. The molecule has 0 saturated carbocycles. The van der Waals surface area contributed by atoms with Crippen molar-refractivity contribution in [2.24, 2.45) is 0 Å². The van der Waals surface area contributed by atoms with E-state index in [4.69, 9.17) is 4.52 Å². The Labute approximate surface area is 123 Å². The van der Waals surface area contributed by atoms with Gasteiger partial charge in [0.05, 0.1) is 11.3 Å². The van der Waals surface area contributed by atoms with Crippen LogP contribution in [0.3, 0.4) is 0 Å². The zero-order valence-corrected chi connectivity index (χ0v) is 11.8. The SMILES string of the molecule is Cc1csc(NC(=O)c2cc(-c3ccccc3F)on2)n1. The summed E-state index contributed by atoms with van der Waals surface area (Å²) in [6.45, 7) is 1.83. The third-order valence-corrected chi connectivity index (χ3v) is 3.60. The van der Waals surface area contributed by atoms with Gasteiger partial charge >= 0.3 is 0 Å². The van der Waals surface area contributed by atoms with E-state index < -0.39 is 11.7 Å². The van der Waals surface area contributed by atoms with E-state index in [0.29, 0.717) is 5.13 Å². The van der Waals surface area contributed by atoms with Crippen molar-refractivity contribution in [3.63, 3.8) is 0 Å². The van der Waals surface area contributed by atoms with E-state index in [9.17, 15) is 9.18 Å². The van der Waals surface area contributed by atoms with Crippen molar-refractivity contribution in [3.8, 4) is 11.3 Å². The maximum Gasteiger partial charge on any atom is 0.279 e. The summed E-state index contributed by atoms with van der Waals surface area (Å²) >= 11 is 1.32. The maximum absolute atomic E-state index is 13.6. The van der Waals surface area contributed by atoms with Gasteiger partial charge in [-0.3, -0.25) is 10.1 Å². The highest BCUT2D eigenvalue weighted by atomic mass is 32.1. The van der Waals surface area contributed by atoms with Gasteiger partial charge in [0.1, 0.15) is 5.82 Å². The number of rotatable bonds is 3. The molecule has 0 bridgehead atoms. The van der Waals surface area contributed by atoms with E-state index >= 15 is 0 Å².